The van der Waals surface area contributed by atoms with E-state index in [9.17, 15) is 9.90 Å². The summed E-state index contributed by atoms with van der Waals surface area (Å²) in [6.07, 6.45) is 6.94. The minimum Gasteiger partial charge on any atom is -0.479 e. The molecule has 1 heterocycles. The van der Waals surface area contributed by atoms with Crippen LogP contribution in [0.2, 0.25) is 0 Å². The molecular weight excluding hydrogens is 290 g/mol. The second-order valence-corrected chi connectivity index (χ2v) is 5.93. The molecule has 0 fully saturated rings. The van der Waals surface area contributed by atoms with Gasteiger partial charge in [-0.25, -0.2) is 4.79 Å². The monoisotopic (exact) mass is 309 g/mol. The van der Waals surface area contributed by atoms with Gasteiger partial charge in [0, 0.05) is 35.1 Å². The molecule has 2 atom stereocenters. The summed E-state index contributed by atoms with van der Waals surface area (Å²) >= 11 is 0. The fraction of sp³-hybridized carbons (Fsp3) is 0.222. The molecule has 1 aliphatic carbocycles. The van der Waals surface area contributed by atoms with Gasteiger partial charge in [0.05, 0.1) is 0 Å². The van der Waals surface area contributed by atoms with E-state index in [2.05, 4.69) is 10.3 Å². The van der Waals surface area contributed by atoms with Crippen molar-refractivity contribution in [1.82, 2.24) is 4.98 Å². The average molecular weight is 309 g/mol. The number of nitrogens with one attached hydrogen (secondary N) is 1. The van der Waals surface area contributed by atoms with Crippen molar-refractivity contribution in [2.75, 3.05) is 5.32 Å². The number of carboxylic acid groups (broad SMARTS) is 1. The van der Waals surface area contributed by atoms with Crippen LogP contribution in [0.25, 0.3) is 10.8 Å². The molecule has 118 valence electrons. The zero-order valence-corrected chi connectivity index (χ0v) is 13.1. The molecule has 5 nitrogen and oxygen atoms in total. The first-order chi connectivity index (χ1) is 10.9. The van der Waals surface area contributed by atoms with Gasteiger partial charge >= 0.3 is 5.97 Å². The molecule has 0 aliphatic heterocycles. The number of carboxylic acids is 1. The zero-order chi connectivity index (χ0) is 16.6. The van der Waals surface area contributed by atoms with E-state index in [1.165, 1.54) is 0 Å². The summed E-state index contributed by atoms with van der Waals surface area (Å²) in [6.45, 7) is 3.71. The Hall–Kier alpha value is -2.82. The highest BCUT2D eigenvalue weighted by molar-refractivity contribution is 5.90. The number of carbonyl (C=O) groups is 1. The lowest BCUT2D eigenvalue weighted by Crippen LogP contribution is -2.53. The van der Waals surface area contributed by atoms with Gasteiger partial charge in [0.15, 0.2) is 5.54 Å². The second kappa shape index (κ2) is 5.43. The van der Waals surface area contributed by atoms with E-state index in [1.807, 2.05) is 38.1 Å². The van der Waals surface area contributed by atoms with Crippen LogP contribution in [0.1, 0.15) is 13.8 Å². The third-order valence-corrected chi connectivity index (χ3v) is 4.55. The molecule has 4 N–H and O–H groups in total. The van der Waals surface area contributed by atoms with Crippen LogP contribution in [-0.4, -0.2) is 21.6 Å². The van der Waals surface area contributed by atoms with E-state index >= 15 is 0 Å². The van der Waals surface area contributed by atoms with Crippen LogP contribution in [0.5, 0.6) is 0 Å². The highest BCUT2D eigenvalue weighted by atomic mass is 16.4. The summed E-state index contributed by atoms with van der Waals surface area (Å²) < 4.78 is 0. The molecule has 0 saturated heterocycles. The Morgan fingerprint density at radius 3 is 2.87 bits per heavy atom. The minimum atomic E-state index is -1.26. The van der Waals surface area contributed by atoms with Gasteiger partial charge in [0.1, 0.15) is 0 Å². The van der Waals surface area contributed by atoms with Crippen molar-refractivity contribution in [2.24, 2.45) is 11.7 Å². The molecule has 1 aromatic carbocycles. The number of rotatable bonds is 3. The summed E-state index contributed by atoms with van der Waals surface area (Å²) in [5, 5.41) is 15.0. The first-order valence-electron chi connectivity index (χ1n) is 7.45. The lowest BCUT2D eigenvalue weighted by Gasteiger charge is -2.37. The number of nitrogens with two attached hydrogens (primary N) is 1. The first-order valence-corrected chi connectivity index (χ1v) is 7.45. The number of fused-ring (bicyclic) bond motifs is 1. The van der Waals surface area contributed by atoms with Crippen LogP contribution >= 0.6 is 0 Å². The number of hydrogen-bond donors (Lipinski definition) is 3. The van der Waals surface area contributed by atoms with E-state index in [-0.39, 0.29) is 5.92 Å². The number of nitrogens with zero attached hydrogens (tertiary/aromatic N) is 1. The molecule has 1 unspecified atom stereocenters. The predicted octanol–water partition coefficient (Wildman–Crippen LogP) is 2.91. The van der Waals surface area contributed by atoms with Gasteiger partial charge in [0.25, 0.3) is 0 Å². The summed E-state index contributed by atoms with van der Waals surface area (Å²) in [7, 11) is 0. The van der Waals surface area contributed by atoms with Crippen molar-refractivity contribution in [3.05, 3.63) is 60.1 Å². The van der Waals surface area contributed by atoms with Crippen LogP contribution in [0, 0.1) is 5.92 Å². The maximum absolute atomic E-state index is 12.0. The van der Waals surface area contributed by atoms with Crippen molar-refractivity contribution < 1.29 is 9.90 Å². The summed E-state index contributed by atoms with van der Waals surface area (Å²) in [5.41, 5.74) is 7.06. The lowest BCUT2D eigenvalue weighted by molar-refractivity contribution is -0.141. The van der Waals surface area contributed by atoms with Gasteiger partial charge in [0.2, 0.25) is 0 Å². The first kappa shape index (κ1) is 15.1. The third-order valence-electron chi connectivity index (χ3n) is 4.55. The van der Waals surface area contributed by atoms with Crippen LogP contribution in [0.4, 0.5) is 5.69 Å². The Morgan fingerprint density at radius 1 is 1.35 bits per heavy atom. The maximum atomic E-state index is 12.0. The van der Waals surface area contributed by atoms with E-state index in [0.29, 0.717) is 5.70 Å². The third kappa shape index (κ3) is 2.44. The second-order valence-electron chi connectivity index (χ2n) is 5.93. The van der Waals surface area contributed by atoms with Crippen molar-refractivity contribution in [3.63, 3.8) is 0 Å². The Bertz CT molecular complexity index is 841. The molecule has 23 heavy (non-hydrogen) atoms. The summed E-state index contributed by atoms with van der Waals surface area (Å²) in [5.74, 6) is -1.32. The van der Waals surface area contributed by atoms with E-state index in [0.717, 1.165) is 22.0 Å². The van der Waals surface area contributed by atoms with Gasteiger partial charge in [-0.2, -0.15) is 0 Å². The molecule has 5 heteroatoms. The smallest absolute Gasteiger partial charge is 0.334 e. The zero-order valence-electron chi connectivity index (χ0n) is 13.1. The Labute approximate surface area is 134 Å². The van der Waals surface area contributed by atoms with Crippen molar-refractivity contribution in [3.8, 4) is 0 Å². The fourth-order valence-corrected chi connectivity index (χ4v) is 2.94. The lowest BCUT2D eigenvalue weighted by atomic mass is 9.77. The molecule has 0 spiro atoms. The Balaban J connectivity index is 2.03. The Morgan fingerprint density at radius 2 is 2.13 bits per heavy atom. The van der Waals surface area contributed by atoms with Gasteiger partial charge in [-0.1, -0.05) is 19.1 Å². The number of aromatic nitrogens is 1. The number of anilines is 1. The molecule has 0 radical (unpaired) electrons. The maximum Gasteiger partial charge on any atom is 0.334 e. The summed E-state index contributed by atoms with van der Waals surface area (Å²) in [4.78, 5) is 16.1. The number of benzene rings is 1. The standard InChI is InChI=1S/C18H19N3O2/c1-11-5-7-18(17(22)23,12(2)16(11)19)21-15-4-3-14-10-20-8-6-13(14)9-15/h3-10,12,21H,19H2,1-2H3,(H,22,23)/t12?,18-/m0/s1. The molecular formula is C18H19N3O2. The largest absolute Gasteiger partial charge is 0.479 e. The van der Waals surface area contributed by atoms with Crippen molar-refractivity contribution >= 4 is 22.4 Å². The van der Waals surface area contributed by atoms with Gasteiger partial charge < -0.3 is 16.2 Å². The number of allylic oxidation sites excluding steroid dienone is 2. The molecule has 3 rings (SSSR count). The Kier molecular flexibility index (Phi) is 3.56. The van der Waals surface area contributed by atoms with E-state index < -0.39 is 11.5 Å². The van der Waals surface area contributed by atoms with Crippen LogP contribution in [-0.2, 0) is 4.79 Å². The summed E-state index contributed by atoms with van der Waals surface area (Å²) in [6, 6.07) is 7.59. The van der Waals surface area contributed by atoms with Crippen LogP contribution in [0.3, 0.4) is 0 Å². The van der Waals surface area contributed by atoms with Crippen molar-refractivity contribution in [2.45, 2.75) is 19.4 Å². The van der Waals surface area contributed by atoms with Gasteiger partial charge in [-0.05, 0) is 42.2 Å². The fourth-order valence-electron chi connectivity index (χ4n) is 2.94. The topological polar surface area (TPSA) is 88.2 Å². The molecule has 0 saturated carbocycles. The highest BCUT2D eigenvalue weighted by Crippen LogP contribution is 2.34. The van der Waals surface area contributed by atoms with Crippen LogP contribution in [0.15, 0.2) is 60.1 Å². The quantitative estimate of drug-likeness (QED) is 0.811. The molecule has 0 amide bonds. The number of pyridine rings is 1. The predicted molar refractivity (Wildman–Crippen MR) is 90.9 cm³/mol. The molecule has 2 aromatic rings. The number of hydrogen-bond acceptors (Lipinski definition) is 4. The van der Waals surface area contributed by atoms with Gasteiger partial charge in [-0.15, -0.1) is 0 Å². The highest BCUT2D eigenvalue weighted by Gasteiger charge is 2.44. The minimum absolute atomic E-state index is 0.363. The number of aliphatic carboxylic acids is 1. The van der Waals surface area contributed by atoms with Crippen LogP contribution < -0.4 is 11.1 Å². The van der Waals surface area contributed by atoms with Gasteiger partial charge in [-0.3, -0.25) is 4.98 Å². The normalized spacial score (nSPS) is 24.0. The molecule has 1 aromatic heterocycles. The average Bonchev–Trinajstić information content (AvgIpc) is 2.55. The van der Waals surface area contributed by atoms with Crippen molar-refractivity contribution in [1.29, 1.82) is 0 Å². The molecule has 0 bridgehead atoms. The van der Waals surface area contributed by atoms with E-state index in [1.54, 1.807) is 24.5 Å². The molecule has 1 aliphatic rings. The van der Waals surface area contributed by atoms with E-state index in [4.69, 9.17) is 5.73 Å². The SMILES string of the molecule is CC1=C(N)C(C)[C@](Nc2ccc3cnccc3c2)(C(=O)O)C=C1.